The fraction of sp³-hybridized carbons (Fsp3) is 0.471. The molecule has 0 unspecified atom stereocenters. The summed E-state index contributed by atoms with van der Waals surface area (Å²) < 4.78 is 0. The molecule has 3 amide bonds. The number of anilines is 1. The molecule has 7 nitrogen and oxygen atoms in total. The maximum absolute atomic E-state index is 12.3. The second kappa shape index (κ2) is 10.0. The Morgan fingerprint density at radius 3 is 2.40 bits per heavy atom. The van der Waals surface area contributed by atoms with Crippen LogP contribution in [-0.2, 0) is 20.9 Å². The summed E-state index contributed by atoms with van der Waals surface area (Å²) in [6, 6.07) is 7.52. The summed E-state index contributed by atoms with van der Waals surface area (Å²) in [6.07, 6.45) is 0. The largest absolute Gasteiger partial charge is 0.333 e. The molecular formula is C17H25ClN4O3. The summed E-state index contributed by atoms with van der Waals surface area (Å²) in [5.74, 6) is -1.45. The summed E-state index contributed by atoms with van der Waals surface area (Å²) in [5.41, 5.74) is 1.69. The number of hydrogen-bond donors (Lipinski definition) is 2. The van der Waals surface area contributed by atoms with Crippen molar-refractivity contribution >= 4 is 35.8 Å². The molecule has 25 heavy (non-hydrogen) atoms. The van der Waals surface area contributed by atoms with Crippen LogP contribution < -0.4 is 10.6 Å². The van der Waals surface area contributed by atoms with Crippen molar-refractivity contribution in [1.82, 2.24) is 15.1 Å². The number of rotatable bonds is 7. The van der Waals surface area contributed by atoms with Crippen molar-refractivity contribution in [3.05, 3.63) is 29.8 Å². The highest BCUT2D eigenvalue weighted by atomic mass is 35.5. The zero-order valence-electron chi connectivity index (χ0n) is 14.6. The first-order valence-corrected chi connectivity index (χ1v) is 8.23. The Labute approximate surface area is 154 Å². The van der Waals surface area contributed by atoms with Crippen molar-refractivity contribution in [2.75, 3.05) is 38.0 Å². The van der Waals surface area contributed by atoms with Gasteiger partial charge in [-0.1, -0.05) is 25.1 Å². The summed E-state index contributed by atoms with van der Waals surface area (Å²) >= 11 is 0. The van der Waals surface area contributed by atoms with Crippen LogP contribution in [-0.4, -0.2) is 60.2 Å². The molecule has 1 aromatic carbocycles. The van der Waals surface area contributed by atoms with Crippen LogP contribution in [0.5, 0.6) is 0 Å². The SMILES string of the molecule is CCNCc1ccccc1NC(=O)CN1CCN(CC)C(=O)C1=O.Cl. The van der Waals surface area contributed by atoms with E-state index in [1.54, 1.807) is 0 Å². The summed E-state index contributed by atoms with van der Waals surface area (Å²) in [4.78, 5) is 39.0. The lowest BCUT2D eigenvalue weighted by Gasteiger charge is -2.32. The van der Waals surface area contributed by atoms with Gasteiger partial charge in [-0.3, -0.25) is 14.4 Å². The number of likely N-dealkylation sites (N-methyl/N-ethyl adjacent to an activating group) is 1. The molecule has 0 aliphatic carbocycles. The molecule has 0 radical (unpaired) electrons. The number of benzene rings is 1. The van der Waals surface area contributed by atoms with Crippen molar-refractivity contribution in [3.8, 4) is 0 Å². The number of nitrogens with zero attached hydrogens (tertiary/aromatic N) is 2. The van der Waals surface area contributed by atoms with E-state index >= 15 is 0 Å². The van der Waals surface area contributed by atoms with Crippen LogP contribution in [0.3, 0.4) is 0 Å². The molecule has 1 heterocycles. The maximum atomic E-state index is 12.3. The van der Waals surface area contributed by atoms with E-state index in [1.165, 1.54) is 9.80 Å². The third-order valence-electron chi connectivity index (χ3n) is 3.97. The van der Waals surface area contributed by atoms with Crippen molar-refractivity contribution in [3.63, 3.8) is 0 Å². The number of carbonyl (C=O) groups excluding carboxylic acids is 3. The Bertz CT molecular complexity index is 624. The Balaban J connectivity index is 0.00000312. The molecule has 0 atom stereocenters. The molecule has 0 bridgehead atoms. The fourth-order valence-electron chi connectivity index (χ4n) is 2.59. The molecule has 1 saturated heterocycles. The molecule has 1 aliphatic rings. The number of piperazine rings is 1. The lowest BCUT2D eigenvalue weighted by Crippen LogP contribution is -2.55. The Morgan fingerprint density at radius 1 is 1.08 bits per heavy atom. The van der Waals surface area contributed by atoms with E-state index in [0.29, 0.717) is 26.2 Å². The summed E-state index contributed by atoms with van der Waals surface area (Å²) in [7, 11) is 0. The van der Waals surface area contributed by atoms with Gasteiger partial charge in [0.25, 0.3) is 0 Å². The molecule has 8 heteroatoms. The van der Waals surface area contributed by atoms with Gasteiger partial charge < -0.3 is 20.4 Å². The van der Waals surface area contributed by atoms with E-state index in [9.17, 15) is 14.4 Å². The third kappa shape index (κ3) is 5.44. The second-order valence-corrected chi connectivity index (χ2v) is 5.60. The first-order valence-electron chi connectivity index (χ1n) is 8.23. The number of hydrogen-bond acceptors (Lipinski definition) is 4. The van der Waals surface area contributed by atoms with E-state index in [0.717, 1.165) is 17.8 Å². The minimum atomic E-state index is -0.612. The Kier molecular flexibility index (Phi) is 8.37. The van der Waals surface area contributed by atoms with Gasteiger partial charge in [0.15, 0.2) is 0 Å². The van der Waals surface area contributed by atoms with Gasteiger partial charge in [-0.05, 0) is 25.1 Å². The first-order chi connectivity index (χ1) is 11.6. The molecular weight excluding hydrogens is 344 g/mol. The number of amides is 3. The van der Waals surface area contributed by atoms with Crippen molar-refractivity contribution in [1.29, 1.82) is 0 Å². The predicted molar refractivity (Wildman–Crippen MR) is 98.5 cm³/mol. The topological polar surface area (TPSA) is 81.8 Å². The van der Waals surface area contributed by atoms with Crippen LogP contribution >= 0.6 is 12.4 Å². The standard InChI is InChI=1S/C17H24N4O3.ClH/c1-3-18-11-13-7-5-6-8-14(13)19-15(22)12-21-10-9-20(4-2)16(23)17(21)24;/h5-8,18H,3-4,9-12H2,1-2H3,(H,19,22);1H. The van der Waals surface area contributed by atoms with E-state index in [-0.39, 0.29) is 24.9 Å². The normalized spacial score (nSPS) is 14.3. The second-order valence-electron chi connectivity index (χ2n) is 5.60. The van der Waals surface area contributed by atoms with Crippen LogP contribution in [0.4, 0.5) is 5.69 Å². The van der Waals surface area contributed by atoms with Crippen molar-refractivity contribution in [2.24, 2.45) is 0 Å². The average Bonchev–Trinajstić information content (AvgIpc) is 2.58. The Morgan fingerprint density at radius 2 is 1.72 bits per heavy atom. The summed E-state index contributed by atoms with van der Waals surface area (Å²) in [5, 5.41) is 6.05. The minimum Gasteiger partial charge on any atom is -0.333 e. The summed E-state index contributed by atoms with van der Waals surface area (Å²) in [6.45, 7) is 6.56. The third-order valence-corrected chi connectivity index (χ3v) is 3.97. The van der Waals surface area contributed by atoms with Crippen LogP contribution in [0, 0.1) is 0 Å². The first kappa shape index (κ1) is 20.9. The number of para-hydroxylation sites is 1. The molecule has 0 saturated carbocycles. The van der Waals surface area contributed by atoms with Crippen LogP contribution in [0.1, 0.15) is 19.4 Å². The van der Waals surface area contributed by atoms with E-state index in [2.05, 4.69) is 10.6 Å². The zero-order valence-corrected chi connectivity index (χ0v) is 15.4. The molecule has 1 aromatic rings. The van der Waals surface area contributed by atoms with E-state index < -0.39 is 11.8 Å². The number of halogens is 1. The lowest BCUT2D eigenvalue weighted by molar-refractivity contribution is -0.156. The van der Waals surface area contributed by atoms with Gasteiger partial charge in [0.1, 0.15) is 6.54 Å². The van der Waals surface area contributed by atoms with Gasteiger partial charge in [0.05, 0.1) is 0 Å². The number of carbonyl (C=O) groups is 3. The molecule has 0 aromatic heterocycles. The molecule has 2 N–H and O–H groups in total. The van der Waals surface area contributed by atoms with Crippen LogP contribution in [0.15, 0.2) is 24.3 Å². The molecule has 138 valence electrons. The van der Waals surface area contributed by atoms with Crippen LogP contribution in [0.2, 0.25) is 0 Å². The zero-order chi connectivity index (χ0) is 17.5. The van der Waals surface area contributed by atoms with Gasteiger partial charge in [0, 0.05) is 31.9 Å². The molecule has 2 rings (SSSR count). The lowest BCUT2D eigenvalue weighted by atomic mass is 10.1. The van der Waals surface area contributed by atoms with Gasteiger partial charge >= 0.3 is 11.8 Å². The maximum Gasteiger partial charge on any atom is 0.312 e. The van der Waals surface area contributed by atoms with E-state index in [1.807, 2.05) is 38.1 Å². The van der Waals surface area contributed by atoms with Gasteiger partial charge in [-0.25, -0.2) is 0 Å². The van der Waals surface area contributed by atoms with Crippen molar-refractivity contribution < 1.29 is 14.4 Å². The predicted octanol–water partition coefficient (Wildman–Crippen LogP) is 0.847. The van der Waals surface area contributed by atoms with E-state index in [4.69, 9.17) is 0 Å². The molecule has 1 aliphatic heterocycles. The highest BCUT2D eigenvalue weighted by molar-refractivity contribution is 6.35. The highest BCUT2D eigenvalue weighted by Gasteiger charge is 2.32. The van der Waals surface area contributed by atoms with Crippen molar-refractivity contribution in [2.45, 2.75) is 20.4 Å². The average molecular weight is 369 g/mol. The smallest absolute Gasteiger partial charge is 0.312 e. The molecule has 1 fully saturated rings. The number of nitrogens with one attached hydrogen (secondary N) is 2. The fourth-order valence-corrected chi connectivity index (χ4v) is 2.59. The monoisotopic (exact) mass is 368 g/mol. The highest BCUT2D eigenvalue weighted by Crippen LogP contribution is 2.15. The molecule has 0 spiro atoms. The minimum absolute atomic E-state index is 0. The Hall–Kier alpha value is -2.12. The quantitative estimate of drug-likeness (QED) is 0.699. The van der Waals surface area contributed by atoms with Gasteiger partial charge in [0.2, 0.25) is 5.91 Å². The van der Waals surface area contributed by atoms with Crippen LogP contribution in [0.25, 0.3) is 0 Å². The van der Waals surface area contributed by atoms with Gasteiger partial charge in [-0.15, -0.1) is 12.4 Å². The van der Waals surface area contributed by atoms with Gasteiger partial charge in [-0.2, -0.15) is 0 Å².